The van der Waals surface area contributed by atoms with E-state index in [0.717, 1.165) is 5.56 Å². The highest BCUT2D eigenvalue weighted by Gasteiger charge is 2.17. The average Bonchev–Trinajstić information content (AvgIpc) is 2.77. The van der Waals surface area contributed by atoms with E-state index in [1.165, 1.54) is 22.8 Å². The van der Waals surface area contributed by atoms with Crippen LogP contribution in [0.4, 0.5) is 5.69 Å². The molecule has 0 bridgehead atoms. The Bertz CT molecular complexity index is 1350. The van der Waals surface area contributed by atoms with Gasteiger partial charge in [-0.25, -0.2) is 4.98 Å². The van der Waals surface area contributed by atoms with E-state index in [2.05, 4.69) is 10.3 Å². The minimum atomic E-state index is -0.565. The first-order chi connectivity index (χ1) is 14.9. The van der Waals surface area contributed by atoms with Gasteiger partial charge >= 0.3 is 0 Å². The lowest BCUT2D eigenvalue weighted by Gasteiger charge is -2.13. The van der Waals surface area contributed by atoms with Crippen molar-refractivity contribution in [2.24, 2.45) is 5.73 Å². The van der Waals surface area contributed by atoms with Gasteiger partial charge in [0.2, 0.25) is 5.91 Å². The molecule has 0 fully saturated rings. The Balaban J connectivity index is 1.73. The molecule has 0 unspecified atom stereocenters. The first-order valence-corrected chi connectivity index (χ1v) is 9.74. The number of nitrogens with zero attached hydrogens (tertiary/aromatic N) is 2. The Morgan fingerprint density at radius 2 is 1.74 bits per heavy atom. The van der Waals surface area contributed by atoms with Gasteiger partial charge in [0.25, 0.3) is 11.5 Å². The highest BCUT2D eigenvalue weighted by Crippen LogP contribution is 2.16. The van der Waals surface area contributed by atoms with E-state index < -0.39 is 17.4 Å². The van der Waals surface area contributed by atoms with E-state index in [1.807, 2.05) is 12.1 Å². The van der Waals surface area contributed by atoms with E-state index in [-0.39, 0.29) is 12.1 Å². The molecule has 31 heavy (non-hydrogen) atoms. The summed E-state index contributed by atoms with van der Waals surface area (Å²) in [5.74, 6) is -1.13. The van der Waals surface area contributed by atoms with Crippen LogP contribution in [0.15, 0.2) is 77.7 Å². The van der Waals surface area contributed by atoms with Gasteiger partial charge in [-0.05, 0) is 60.2 Å². The Labute approximate surface area is 182 Å². The molecule has 0 spiro atoms. The molecule has 4 rings (SSSR count). The Hall–Kier alpha value is -3.97. The number of nitrogens with two attached hydrogens (primary N) is 1. The van der Waals surface area contributed by atoms with Crippen molar-refractivity contribution in [3.63, 3.8) is 0 Å². The fraction of sp³-hybridized carbons (Fsp3) is 0.0435. The summed E-state index contributed by atoms with van der Waals surface area (Å²) >= 11 is 5.95. The summed E-state index contributed by atoms with van der Waals surface area (Å²) < 4.78 is 1.46. The maximum atomic E-state index is 13.2. The summed E-state index contributed by atoms with van der Waals surface area (Å²) in [5.41, 5.74) is 6.82. The molecule has 2 aromatic carbocycles. The third-order valence-corrected chi connectivity index (χ3v) is 5.03. The molecule has 3 N–H and O–H groups in total. The van der Waals surface area contributed by atoms with Gasteiger partial charge in [0.15, 0.2) is 0 Å². The van der Waals surface area contributed by atoms with Crippen LogP contribution in [0.5, 0.6) is 0 Å². The van der Waals surface area contributed by atoms with Gasteiger partial charge in [-0.1, -0.05) is 23.7 Å². The lowest BCUT2D eigenvalue weighted by molar-refractivity contribution is 0.0998. The summed E-state index contributed by atoms with van der Waals surface area (Å²) in [4.78, 5) is 41.6. The van der Waals surface area contributed by atoms with Crippen molar-refractivity contribution in [2.75, 3.05) is 5.32 Å². The van der Waals surface area contributed by atoms with E-state index >= 15 is 0 Å². The van der Waals surface area contributed by atoms with Crippen molar-refractivity contribution in [3.8, 4) is 0 Å². The standard InChI is InChI=1S/C23H17ClN4O3/c24-17-7-3-14(4-8-17)13-28-21-16(2-1-11-26-21)12-19(23(28)31)22(30)27-18-9-5-15(6-10-18)20(25)29/h1-12H,13H2,(H2,25,29)(H,27,30). The summed E-state index contributed by atoms with van der Waals surface area (Å²) in [7, 11) is 0. The molecule has 0 aliphatic heterocycles. The second kappa shape index (κ2) is 8.41. The predicted molar refractivity (Wildman–Crippen MR) is 119 cm³/mol. The van der Waals surface area contributed by atoms with Gasteiger partial charge < -0.3 is 11.1 Å². The summed E-state index contributed by atoms with van der Waals surface area (Å²) in [6.45, 7) is 0.234. The third-order valence-electron chi connectivity index (χ3n) is 4.77. The topological polar surface area (TPSA) is 107 Å². The van der Waals surface area contributed by atoms with Crippen molar-refractivity contribution in [1.29, 1.82) is 0 Å². The van der Waals surface area contributed by atoms with Gasteiger partial charge in [-0.3, -0.25) is 19.0 Å². The van der Waals surface area contributed by atoms with Gasteiger partial charge in [0.05, 0.1) is 6.54 Å². The maximum absolute atomic E-state index is 13.2. The van der Waals surface area contributed by atoms with Crippen LogP contribution in [0.2, 0.25) is 5.02 Å². The van der Waals surface area contributed by atoms with Crippen molar-refractivity contribution >= 4 is 40.1 Å². The van der Waals surface area contributed by atoms with Crippen LogP contribution in [-0.4, -0.2) is 21.4 Å². The van der Waals surface area contributed by atoms with Crippen LogP contribution < -0.4 is 16.6 Å². The zero-order valence-corrected chi connectivity index (χ0v) is 17.0. The van der Waals surface area contributed by atoms with Crippen molar-refractivity contribution < 1.29 is 9.59 Å². The number of rotatable bonds is 5. The molecule has 154 valence electrons. The number of anilines is 1. The van der Waals surface area contributed by atoms with E-state index in [9.17, 15) is 14.4 Å². The fourth-order valence-electron chi connectivity index (χ4n) is 3.20. The SMILES string of the molecule is NC(=O)c1ccc(NC(=O)c2cc3cccnc3n(Cc3ccc(Cl)cc3)c2=O)cc1. The molecule has 2 heterocycles. The maximum Gasteiger partial charge on any atom is 0.265 e. The number of nitrogens with one attached hydrogen (secondary N) is 1. The minimum absolute atomic E-state index is 0.0200. The lowest BCUT2D eigenvalue weighted by Crippen LogP contribution is -2.30. The van der Waals surface area contributed by atoms with E-state index in [0.29, 0.717) is 27.3 Å². The highest BCUT2D eigenvalue weighted by atomic mass is 35.5. The minimum Gasteiger partial charge on any atom is -0.366 e. The predicted octanol–water partition coefficient (Wildman–Crippen LogP) is 3.45. The quantitative estimate of drug-likeness (QED) is 0.503. The molecule has 8 heteroatoms. The van der Waals surface area contributed by atoms with E-state index in [4.69, 9.17) is 17.3 Å². The number of aromatic nitrogens is 2. The first kappa shape index (κ1) is 20.3. The van der Waals surface area contributed by atoms with Gasteiger partial charge in [0.1, 0.15) is 11.2 Å². The number of hydrogen-bond acceptors (Lipinski definition) is 4. The van der Waals surface area contributed by atoms with Crippen molar-refractivity contribution in [1.82, 2.24) is 9.55 Å². The second-order valence-corrected chi connectivity index (χ2v) is 7.32. The van der Waals surface area contributed by atoms with Crippen LogP contribution in [0.1, 0.15) is 26.3 Å². The molecule has 0 atom stereocenters. The van der Waals surface area contributed by atoms with Gasteiger partial charge in [-0.2, -0.15) is 0 Å². The molecule has 0 saturated heterocycles. The second-order valence-electron chi connectivity index (χ2n) is 6.89. The van der Waals surface area contributed by atoms with Crippen LogP contribution in [0.25, 0.3) is 11.0 Å². The fourth-order valence-corrected chi connectivity index (χ4v) is 3.33. The molecule has 7 nitrogen and oxygen atoms in total. The van der Waals surface area contributed by atoms with Crippen molar-refractivity contribution in [3.05, 3.63) is 105 Å². The number of halogens is 1. The Morgan fingerprint density at radius 3 is 2.42 bits per heavy atom. The number of carbonyl (C=O) groups is 2. The van der Waals surface area contributed by atoms with Crippen LogP contribution in [0.3, 0.4) is 0 Å². The first-order valence-electron chi connectivity index (χ1n) is 9.36. The molecule has 0 saturated carbocycles. The molecule has 2 aromatic heterocycles. The summed E-state index contributed by atoms with van der Waals surface area (Å²) in [6.07, 6.45) is 1.60. The number of fused-ring (bicyclic) bond motifs is 1. The van der Waals surface area contributed by atoms with Crippen LogP contribution in [0, 0.1) is 0 Å². The van der Waals surface area contributed by atoms with Crippen LogP contribution >= 0.6 is 11.6 Å². The number of carbonyl (C=O) groups excluding carboxylic acids is 2. The monoisotopic (exact) mass is 432 g/mol. The zero-order chi connectivity index (χ0) is 22.0. The highest BCUT2D eigenvalue weighted by molar-refractivity contribution is 6.30. The average molecular weight is 433 g/mol. The number of hydrogen-bond donors (Lipinski definition) is 2. The largest absolute Gasteiger partial charge is 0.366 e. The Morgan fingerprint density at radius 1 is 1.03 bits per heavy atom. The molecule has 0 aliphatic carbocycles. The molecular formula is C23H17ClN4O3. The molecule has 2 amide bonds. The number of amides is 2. The van der Waals surface area contributed by atoms with E-state index in [1.54, 1.807) is 42.6 Å². The number of primary amides is 1. The van der Waals surface area contributed by atoms with Crippen molar-refractivity contribution in [2.45, 2.75) is 6.54 Å². The summed E-state index contributed by atoms with van der Waals surface area (Å²) in [5, 5.41) is 3.94. The zero-order valence-electron chi connectivity index (χ0n) is 16.2. The molecule has 4 aromatic rings. The third kappa shape index (κ3) is 4.31. The lowest BCUT2D eigenvalue weighted by atomic mass is 10.1. The molecule has 0 radical (unpaired) electrons. The Kier molecular flexibility index (Phi) is 5.51. The normalized spacial score (nSPS) is 10.7. The van der Waals surface area contributed by atoms with Crippen LogP contribution in [-0.2, 0) is 6.54 Å². The van der Waals surface area contributed by atoms with Gasteiger partial charge in [0, 0.05) is 27.9 Å². The van der Waals surface area contributed by atoms with Gasteiger partial charge in [-0.15, -0.1) is 0 Å². The molecule has 0 aliphatic rings. The summed E-state index contributed by atoms with van der Waals surface area (Å²) in [6, 6.07) is 18.3. The smallest absolute Gasteiger partial charge is 0.265 e. The molecular weight excluding hydrogens is 416 g/mol. The number of pyridine rings is 2. The number of benzene rings is 2.